The first-order valence-electron chi connectivity index (χ1n) is 10.8. The van der Waals surface area contributed by atoms with Crippen LogP contribution in [-0.4, -0.2) is 132 Å². The third kappa shape index (κ3) is 9.69. The molecule has 0 aromatic carbocycles. The highest BCUT2D eigenvalue weighted by molar-refractivity contribution is 7.99. The average Bonchev–Trinajstić information content (AvgIpc) is 2.81. The Morgan fingerprint density at radius 3 is 1.34 bits per heavy atom. The number of ether oxygens (including phenoxy) is 2. The van der Waals surface area contributed by atoms with Crippen LogP contribution >= 0.6 is 35.1 Å². The minimum absolute atomic E-state index is 0.399. The Labute approximate surface area is 219 Å². The van der Waals surface area contributed by atoms with Gasteiger partial charge in [0.05, 0.1) is 18.2 Å². The van der Waals surface area contributed by atoms with Crippen molar-refractivity contribution in [3.8, 4) is 6.07 Å². The van der Waals surface area contributed by atoms with Gasteiger partial charge in [-0.3, -0.25) is 0 Å². The fourth-order valence-corrected chi connectivity index (χ4v) is 4.81. The van der Waals surface area contributed by atoms with Gasteiger partial charge >= 0.3 is 0 Å². The van der Waals surface area contributed by atoms with Gasteiger partial charge in [-0.05, 0) is 26.4 Å². The highest BCUT2D eigenvalue weighted by Crippen LogP contribution is 2.30. The molecule has 2 saturated heterocycles. The Kier molecular flexibility index (Phi) is 16.8. The molecule has 2 aliphatic rings. The van der Waals surface area contributed by atoms with Crippen LogP contribution in [0.2, 0.25) is 0 Å². The maximum atomic E-state index is 9.76. The second-order valence-corrected chi connectivity index (χ2v) is 10.7. The van der Waals surface area contributed by atoms with Crippen molar-refractivity contribution in [2.75, 3.05) is 12.5 Å². The largest absolute Gasteiger partial charge is 0.392 e. The quantitative estimate of drug-likeness (QED) is 0.151. The van der Waals surface area contributed by atoms with Crippen molar-refractivity contribution in [2.24, 2.45) is 11.5 Å². The fourth-order valence-electron chi connectivity index (χ4n) is 3.31. The Hall–Kier alpha value is 0.0400. The lowest BCUT2D eigenvalue weighted by atomic mass is 9.93. The molecule has 12 nitrogen and oxygen atoms in total. The van der Waals surface area contributed by atoms with Gasteiger partial charge in [-0.1, -0.05) is 0 Å². The molecular formula is C20H40ClN3O9S2. The lowest BCUT2D eigenvalue weighted by Gasteiger charge is -2.42. The van der Waals surface area contributed by atoms with Crippen molar-refractivity contribution >= 4 is 35.1 Å². The first-order chi connectivity index (χ1) is 16.2. The molecule has 35 heavy (non-hydrogen) atoms. The van der Waals surface area contributed by atoms with Crippen LogP contribution in [0.4, 0.5) is 0 Å². The molecule has 0 spiro atoms. The van der Waals surface area contributed by atoms with E-state index >= 15 is 0 Å². The minimum Gasteiger partial charge on any atom is -0.392 e. The van der Waals surface area contributed by atoms with Gasteiger partial charge in [0.1, 0.15) is 59.7 Å². The minimum atomic E-state index is -1.32. The van der Waals surface area contributed by atoms with E-state index in [-0.39, 0.29) is 0 Å². The number of halogens is 1. The zero-order chi connectivity index (χ0) is 27.6. The summed E-state index contributed by atoms with van der Waals surface area (Å²) in [7, 11) is 0. The summed E-state index contributed by atoms with van der Waals surface area (Å²) in [5.74, 6) is 0. The van der Waals surface area contributed by atoms with E-state index in [1.54, 1.807) is 25.5 Å². The Balaban J connectivity index is 0.000000594. The smallest absolute Gasteiger partial charge is 0.132 e. The third-order valence-corrected chi connectivity index (χ3v) is 7.52. The average molecular weight is 566 g/mol. The van der Waals surface area contributed by atoms with Gasteiger partial charge in [0.2, 0.25) is 0 Å². The molecule has 0 aliphatic carbocycles. The number of nitriles is 1. The number of nitrogens with zero attached hydrogens (tertiary/aromatic N) is 1. The van der Waals surface area contributed by atoms with Crippen LogP contribution in [-0.2, 0) is 9.47 Å². The van der Waals surface area contributed by atoms with Crippen molar-refractivity contribution in [1.82, 2.24) is 0 Å². The predicted molar refractivity (Wildman–Crippen MR) is 135 cm³/mol. The normalized spacial score (nSPS) is 40.5. The number of nitrogens with two attached hydrogens (primary N) is 2. The molecule has 2 heterocycles. The number of aliphatic hydroxyl groups is 7. The Bertz CT molecular complexity index is 587. The summed E-state index contributed by atoms with van der Waals surface area (Å²) >= 11 is 8.30. The van der Waals surface area contributed by atoms with Gasteiger partial charge in [0.15, 0.2) is 0 Å². The molecule has 0 bridgehead atoms. The standard InChI is InChI=1S/C9H18ClNO4S.C9H19NO5S.C2H3N/c1-3(10)4(11)8-6(13)5(12)7(14)9(15-8)16-2;1-3(11)4(10)8-6(13)5(12)7(14)9(15-8)16-2;1-2-3/h3-9,12-14H,11H2,1-2H3;3-9,11-14H,10H2,1-2H3;1H3/t3-,4+,5-,6+,7+,8+,9+;3-,4-,5-,6+,7+,8?,9+;/m00./s1. The van der Waals surface area contributed by atoms with Crippen molar-refractivity contribution in [2.45, 2.75) is 104 Å². The van der Waals surface area contributed by atoms with Crippen molar-refractivity contribution in [3.63, 3.8) is 0 Å². The van der Waals surface area contributed by atoms with Crippen LogP contribution < -0.4 is 11.5 Å². The summed E-state index contributed by atoms with van der Waals surface area (Å²) in [6.45, 7) is 4.60. The van der Waals surface area contributed by atoms with E-state index in [9.17, 15) is 35.7 Å². The van der Waals surface area contributed by atoms with Crippen LogP contribution in [0.5, 0.6) is 0 Å². The highest BCUT2D eigenvalue weighted by Gasteiger charge is 2.47. The van der Waals surface area contributed by atoms with Crippen LogP contribution in [0.25, 0.3) is 0 Å². The summed E-state index contributed by atoms with van der Waals surface area (Å²) in [4.78, 5) is 0. The first kappa shape index (κ1) is 35.0. The summed E-state index contributed by atoms with van der Waals surface area (Å²) in [5, 5.41) is 74.2. The number of rotatable bonds is 6. The van der Waals surface area contributed by atoms with Crippen molar-refractivity contribution in [3.05, 3.63) is 0 Å². The molecule has 0 amide bonds. The Morgan fingerprint density at radius 1 is 0.771 bits per heavy atom. The molecule has 2 aliphatic heterocycles. The Morgan fingerprint density at radius 2 is 1.09 bits per heavy atom. The monoisotopic (exact) mass is 565 g/mol. The second-order valence-electron chi connectivity index (χ2n) is 8.15. The van der Waals surface area contributed by atoms with Crippen LogP contribution in [0.15, 0.2) is 0 Å². The van der Waals surface area contributed by atoms with Gasteiger partial charge < -0.3 is 56.7 Å². The molecule has 0 aromatic heterocycles. The maximum absolute atomic E-state index is 9.76. The van der Waals surface area contributed by atoms with Crippen LogP contribution in [0.1, 0.15) is 20.8 Å². The molecule has 1 unspecified atom stereocenters. The summed E-state index contributed by atoms with van der Waals surface area (Å²) in [6.07, 6.45) is -6.49. The zero-order valence-corrected chi connectivity index (χ0v) is 22.7. The summed E-state index contributed by atoms with van der Waals surface area (Å²) in [6, 6.07) is 0.334. The number of alkyl halides is 1. The zero-order valence-electron chi connectivity index (χ0n) is 20.3. The lowest BCUT2D eigenvalue weighted by Crippen LogP contribution is -2.63. The van der Waals surface area contributed by atoms with E-state index in [0.717, 1.165) is 0 Å². The topological polar surface area (TPSA) is 236 Å². The molecule has 2 fully saturated rings. The van der Waals surface area contributed by atoms with Gasteiger partial charge in [0.25, 0.3) is 0 Å². The summed E-state index contributed by atoms with van der Waals surface area (Å²) in [5.41, 5.74) is 10.2. The van der Waals surface area contributed by atoms with E-state index < -0.39 is 83.3 Å². The van der Waals surface area contributed by atoms with E-state index in [1.165, 1.54) is 37.4 Å². The van der Waals surface area contributed by atoms with Crippen molar-refractivity contribution < 1.29 is 45.2 Å². The van der Waals surface area contributed by atoms with Gasteiger partial charge in [0, 0.05) is 18.3 Å². The molecular weight excluding hydrogens is 526 g/mol. The second kappa shape index (κ2) is 16.8. The van der Waals surface area contributed by atoms with E-state index in [1.807, 2.05) is 0 Å². The predicted octanol–water partition coefficient (Wildman–Crippen LogP) is -2.49. The molecule has 14 atom stereocenters. The number of aliphatic hydroxyl groups excluding tert-OH is 7. The number of hydrogen-bond donors (Lipinski definition) is 9. The molecule has 0 aromatic rings. The van der Waals surface area contributed by atoms with Gasteiger partial charge in [-0.25, -0.2) is 0 Å². The molecule has 0 saturated carbocycles. The van der Waals surface area contributed by atoms with Gasteiger partial charge in [-0.15, -0.1) is 35.1 Å². The lowest BCUT2D eigenvalue weighted by molar-refractivity contribution is -0.207. The summed E-state index contributed by atoms with van der Waals surface area (Å²) < 4.78 is 10.8. The first-order valence-corrected chi connectivity index (χ1v) is 13.8. The maximum Gasteiger partial charge on any atom is 0.132 e. The molecule has 11 N–H and O–H groups in total. The van der Waals surface area contributed by atoms with Crippen LogP contribution in [0, 0.1) is 11.3 Å². The number of thioether (sulfide) groups is 2. The SMILES string of the molecule is CC#N.CS[C@H]1OC([C@@H](N)[C@H](C)O)[C@H](O)[C@H](O)[C@H]1O.CS[C@H]1O[C@H]([C@H](N)[C@H](C)Cl)[C@H](O)[C@H](O)[C@H]1O. The molecule has 2 rings (SSSR count). The molecule has 15 heteroatoms. The molecule has 208 valence electrons. The van der Waals surface area contributed by atoms with Gasteiger partial charge in [-0.2, -0.15) is 5.26 Å². The molecule has 0 radical (unpaired) electrons. The van der Waals surface area contributed by atoms with E-state index in [4.69, 9.17) is 37.8 Å². The number of hydrogen-bond acceptors (Lipinski definition) is 14. The van der Waals surface area contributed by atoms with E-state index in [2.05, 4.69) is 0 Å². The highest BCUT2D eigenvalue weighted by atomic mass is 35.5. The fraction of sp³-hybridized carbons (Fsp3) is 0.950. The van der Waals surface area contributed by atoms with Crippen LogP contribution in [0.3, 0.4) is 0 Å². The van der Waals surface area contributed by atoms with Crippen molar-refractivity contribution in [1.29, 1.82) is 5.26 Å². The third-order valence-electron chi connectivity index (χ3n) is 5.52. The van der Waals surface area contributed by atoms with E-state index in [0.29, 0.717) is 0 Å².